The summed E-state index contributed by atoms with van der Waals surface area (Å²) in [5.41, 5.74) is 1.86. The lowest BCUT2D eigenvalue weighted by Gasteiger charge is -2.27. The van der Waals surface area contributed by atoms with Crippen molar-refractivity contribution in [3.63, 3.8) is 0 Å². The molecule has 1 unspecified atom stereocenters. The molecule has 17 heavy (non-hydrogen) atoms. The van der Waals surface area contributed by atoms with E-state index in [9.17, 15) is 5.11 Å². The third-order valence-corrected chi connectivity index (χ3v) is 2.90. The molecule has 0 bridgehead atoms. The van der Waals surface area contributed by atoms with Crippen molar-refractivity contribution in [3.05, 3.63) is 23.5 Å². The van der Waals surface area contributed by atoms with Crippen LogP contribution in [0, 0.1) is 0 Å². The van der Waals surface area contributed by atoms with Gasteiger partial charge in [-0.1, -0.05) is 0 Å². The second-order valence-electron chi connectivity index (χ2n) is 4.08. The molecular weight excluding hydrogens is 218 g/mol. The number of hydrogen-bond acceptors (Lipinski definition) is 5. The average molecular weight is 237 g/mol. The Hall–Kier alpha value is -1.17. The first-order valence-electron chi connectivity index (χ1n) is 6.00. The second-order valence-corrected chi connectivity index (χ2v) is 4.08. The van der Waals surface area contributed by atoms with Crippen molar-refractivity contribution in [1.29, 1.82) is 0 Å². The Balaban J connectivity index is 2.22. The zero-order valence-electron chi connectivity index (χ0n) is 10.1. The van der Waals surface area contributed by atoms with Gasteiger partial charge in [0, 0.05) is 49.6 Å². The summed E-state index contributed by atoms with van der Waals surface area (Å²) in [6.07, 6.45) is 3.25. The molecule has 0 aliphatic carbocycles. The van der Waals surface area contributed by atoms with Crippen molar-refractivity contribution in [2.75, 3.05) is 26.2 Å². The van der Waals surface area contributed by atoms with E-state index in [2.05, 4.69) is 15.6 Å². The molecule has 94 valence electrons. The lowest BCUT2D eigenvalue weighted by atomic mass is 10.0. The SMILES string of the molecule is CCOCc1cncc(O)c1C1CNCCN1. The lowest BCUT2D eigenvalue weighted by molar-refractivity contribution is 0.132. The Labute approximate surface area is 101 Å². The first-order valence-corrected chi connectivity index (χ1v) is 6.00. The molecule has 0 spiro atoms. The predicted octanol–water partition coefficient (Wildman–Crippen LogP) is 0.558. The number of aromatic hydroxyl groups is 1. The maximum absolute atomic E-state index is 9.96. The van der Waals surface area contributed by atoms with Crippen LogP contribution in [0.15, 0.2) is 12.4 Å². The fraction of sp³-hybridized carbons (Fsp3) is 0.583. The fourth-order valence-electron chi connectivity index (χ4n) is 2.09. The van der Waals surface area contributed by atoms with E-state index in [-0.39, 0.29) is 11.8 Å². The number of aromatic nitrogens is 1. The molecule has 1 aromatic heterocycles. The standard InChI is InChI=1S/C12H19N3O2/c1-2-17-8-9-5-14-7-11(16)12(9)10-6-13-3-4-15-10/h5,7,10,13,15-16H,2-4,6,8H2,1H3. The van der Waals surface area contributed by atoms with Gasteiger partial charge in [0.15, 0.2) is 0 Å². The minimum absolute atomic E-state index is 0.127. The molecule has 0 aromatic carbocycles. The third-order valence-electron chi connectivity index (χ3n) is 2.90. The van der Waals surface area contributed by atoms with Gasteiger partial charge >= 0.3 is 0 Å². The highest BCUT2D eigenvalue weighted by Crippen LogP contribution is 2.27. The summed E-state index contributed by atoms with van der Waals surface area (Å²) in [5.74, 6) is 0.239. The first-order chi connectivity index (χ1) is 8.33. The number of ether oxygens (including phenoxy) is 1. The van der Waals surface area contributed by atoms with Crippen molar-refractivity contribution >= 4 is 0 Å². The molecule has 1 aromatic rings. The fourth-order valence-corrected chi connectivity index (χ4v) is 2.09. The maximum atomic E-state index is 9.96. The van der Waals surface area contributed by atoms with E-state index in [1.54, 1.807) is 6.20 Å². The summed E-state index contributed by atoms with van der Waals surface area (Å²) in [5, 5.41) is 16.7. The summed E-state index contributed by atoms with van der Waals surface area (Å²) in [6.45, 7) is 5.79. The van der Waals surface area contributed by atoms with Crippen LogP contribution in [0.1, 0.15) is 24.1 Å². The topological polar surface area (TPSA) is 66.4 Å². The zero-order valence-corrected chi connectivity index (χ0v) is 10.1. The predicted molar refractivity (Wildman–Crippen MR) is 64.8 cm³/mol. The smallest absolute Gasteiger partial charge is 0.139 e. The molecule has 2 heterocycles. The Morgan fingerprint density at radius 3 is 3.06 bits per heavy atom. The second kappa shape index (κ2) is 5.95. The van der Waals surface area contributed by atoms with Crippen LogP contribution < -0.4 is 10.6 Å². The molecule has 0 saturated carbocycles. The normalized spacial score (nSPS) is 20.4. The Kier molecular flexibility index (Phi) is 4.30. The molecule has 5 heteroatoms. The van der Waals surface area contributed by atoms with Crippen molar-refractivity contribution in [1.82, 2.24) is 15.6 Å². The summed E-state index contributed by atoms with van der Waals surface area (Å²) in [6, 6.07) is 0.127. The van der Waals surface area contributed by atoms with Gasteiger partial charge < -0.3 is 20.5 Å². The van der Waals surface area contributed by atoms with Crippen LogP contribution in [0.3, 0.4) is 0 Å². The van der Waals surface area contributed by atoms with E-state index < -0.39 is 0 Å². The van der Waals surface area contributed by atoms with E-state index >= 15 is 0 Å². The first kappa shape index (κ1) is 12.3. The number of rotatable bonds is 4. The van der Waals surface area contributed by atoms with Crippen LogP contribution in [0.25, 0.3) is 0 Å². The van der Waals surface area contributed by atoms with Gasteiger partial charge in [0.05, 0.1) is 12.8 Å². The van der Waals surface area contributed by atoms with E-state index in [1.807, 2.05) is 6.92 Å². The summed E-state index contributed by atoms with van der Waals surface area (Å²) in [4.78, 5) is 4.01. The largest absolute Gasteiger partial charge is 0.506 e. The summed E-state index contributed by atoms with van der Waals surface area (Å²) >= 11 is 0. The van der Waals surface area contributed by atoms with Crippen LogP contribution in [-0.4, -0.2) is 36.3 Å². The molecule has 1 fully saturated rings. The molecule has 1 aliphatic heterocycles. The Morgan fingerprint density at radius 1 is 1.47 bits per heavy atom. The van der Waals surface area contributed by atoms with E-state index in [1.165, 1.54) is 6.20 Å². The summed E-state index contributed by atoms with van der Waals surface area (Å²) < 4.78 is 5.41. The lowest BCUT2D eigenvalue weighted by Crippen LogP contribution is -2.43. The average Bonchev–Trinajstić information content (AvgIpc) is 2.37. The highest BCUT2D eigenvalue weighted by Gasteiger charge is 2.21. The highest BCUT2D eigenvalue weighted by atomic mass is 16.5. The Bertz CT molecular complexity index is 365. The minimum Gasteiger partial charge on any atom is -0.506 e. The maximum Gasteiger partial charge on any atom is 0.139 e. The van der Waals surface area contributed by atoms with Crippen LogP contribution in [0.2, 0.25) is 0 Å². The van der Waals surface area contributed by atoms with Gasteiger partial charge in [-0.15, -0.1) is 0 Å². The molecule has 0 radical (unpaired) electrons. The molecule has 1 aliphatic rings. The number of nitrogens with one attached hydrogen (secondary N) is 2. The molecule has 0 amide bonds. The van der Waals surface area contributed by atoms with Crippen molar-refractivity contribution in [2.24, 2.45) is 0 Å². The molecule has 2 rings (SSSR count). The minimum atomic E-state index is 0.127. The molecule has 3 N–H and O–H groups in total. The van der Waals surface area contributed by atoms with Crippen LogP contribution in [0.4, 0.5) is 0 Å². The van der Waals surface area contributed by atoms with Gasteiger partial charge in [-0.25, -0.2) is 0 Å². The molecular formula is C12H19N3O2. The van der Waals surface area contributed by atoms with Crippen molar-refractivity contribution in [3.8, 4) is 5.75 Å². The van der Waals surface area contributed by atoms with Gasteiger partial charge in [-0.3, -0.25) is 4.98 Å². The van der Waals surface area contributed by atoms with E-state index in [0.717, 1.165) is 30.8 Å². The van der Waals surface area contributed by atoms with E-state index in [0.29, 0.717) is 13.2 Å². The summed E-state index contributed by atoms with van der Waals surface area (Å²) in [7, 11) is 0. The quantitative estimate of drug-likeness (QED) is 0.714. The van der Waals surface area contributed by atoms with Gasteiger partial charge in [0.1, 0.15) is 5.75 Å². The number of nitrogens with zero attached hydrogens (tertiary/aromatic N) is 1. The Morgan fingerprint density at radius 2 is 2.35 bits per heavy atom. The number of hydrogen-bond donors (Lipinski definition) is 3. The van der Waals surface area contributed by atoms with E-state index in [4.69, 9.17) is 4.74 Å². The monoisotopic (exact) mass is 237 g/mol. The third kappa shape index (κ3) is 2.94. The van der Waals surface area contributed by atoms with Crippen molar-refractivity contribution in [2.45, 2.75) is 19.6 Å². The van der Waals surface area contributed by atoms with Gasteiger partial charge in [0.25, 0.3) is 0 Å². The zero-order chi connectivity index (χ0) is 12.1. The van der Waals surface area contributed by atoms with Crippen LogP contribution >= 0.6 is 0 Å². The van der Waals surface area contributed by atoms with Gasteiger partial charge in [-0.05, 0) is 6.92 Å². The number of piperazine rings is 1. The number of pyridine rings is 1. The van der Waals surface area contributed by atoms with Crippen LogP contribution in [0.5, 0.6) is 5.75 Å². The molecule has 1 atom stereocenters. The van der Waals surface area contributed by atoms with Gasteiger partial charge in [-0.2, -0.15) is 0 Å². The van der Waals surface area contributed by atoms with Crippen molar-refractivity contribution < 1.29 is 9.84 Å². The van der Waals surface area contributed by atoms with Gasteiger partial charge in [0.2, 0.25) is 0 Å². The molecule has 5 nitrogen and oxygen atoms in total. The van der Waals surface area contributed by atoms with Crippen LogP contribution in [-0.2, 0) is 11.3 Å². The highest BCUT2D eigenvalue weighted by molar-refractivity contribution is 5.39. The molecule has 1 saturated heterocycles.